The highest BCUT2D eigenvalue weighted by Gasteiger charge is 2.18. The number of aromatic amines is 1. The second-order valence-electron chi connectivity index (χ2n) is 5.29. The normalized spacial score (nSPS) is 10.7. The third kappa shape index (κ3) is 3.44. The fourth-order valence-electron chi connectivity index (χ4n) is 2.32. The molecule has 0 aliphatic carbocycles. The van der Waals surface area contributed by atoms with Crippen LogP contribution in [-0.2, 0) is 0 Å². The molecule has 3 rings (SSSR count). The van der Waals surface area contributed by atoms with E-state index >= 15 is 0 Å². The van der Waals surface area contributed by atoms with Gasteiger partial charge in [0.2, 0.25) is 0 Å². The standard InChI is InChI=1S/C17H12Cl3N3O2/c1-9-15(21-16(24)10-5-3-2-4-6-10)22-23(17(9)25)14-12(19)7-11(18)8-13(14)20/h2-8,22H,1H3,(H,21,24). The van der Waals surface area contributed by atoms with Gasteiger partial charge in [-0.15, -0.1) is 0 Å². The Balaban J connectivity index is 2.02. The van der Waals surface area contributed by atoms with Gasteiger partial charge in [-0.25, -0.2) is 4.68 Å². The molecule has 2 N–H and O–H groups in total. The zero-order valence-electron chi connectivity index (χ0n) is 12.9. The molecule has 0 aliphatic heterocycles. The topological polar surface area (TPSA) is 66.9 Å². The molecule has 0 spiro atoms. The van der Waals surface area contributed by atoms with Gasteiger partial charge in [-0.3, -0.25) is 14.7 Å². The third-order valence-electron chi connectivity index (χ3n) is 3.60. The average Bonchev–Trinajstić information content (AvgIpc) is 2.83. The van der Waals surface area contributed by atoms with Crippen LogP contribution >= 0.6 is 34.8 Å². The number of nitrogens with zero attached hydrogens (tertiary/aromatic N) is 1. The van der Waals surface area contributed by atoms with Crippen molar-refractivity contribution in [1.82, 2.24) is 9.78 Å². The highest BCUT2D eigenvalue weighted by atomic mass is 35.5. The lowest BCUT2D eigenvalue weighted by molar-refractivity contribution is 0.102. The minimum Gasteiger partial charge on any atom is -0.307 e. The first-order valence-electron chi connectivity index (χ1n) is 7.21. The summed E-state index contributed by atoms with van der Waals surface area (Å²) < 4.78 is 1.18. The SMILES string of the molecule is Cc1c(NC(=O)c2ccccc2)[nH]n(-c2c(Cl)cc(Cl)cc2Cl)c1=O. The highest BCUT2D eigenvalue weighted by molar-refractivity contribution is 6.40. The molecule has 1 amide bonds. The summed E-state index contributed by atoms with van der Waals surface area (Å²) in [6.45, 7) is 1.59. The van der Waals surface area contributed by atoms with Gasteiger partial charge in [-0.1, -0.05) is 53.0 Å². The predicted octanol–water partition coefficient (Wildman–Crippen LogP) is 4.69. The third-order valence-corrected chi connectivity index (χ3v) is 4.40. The van der Waals surface area contributed by atoms with Gasteiger partial charge in [0.05, 0.1) is 15.6 Å². The van der Waals surface area contributed by atoms with Crippen molar-refractivity contribution < 1.29 is 4.79 Å². The minimum absolute atomic E-state index is 0.210. The van der Waals surface area contributed by atoms with Crippen molar-refractivity contribution in [3.8, 4) is 5.69 Å². The van der Waals surface area contributed by atoms with Crippen molar-refractivity contribution in [3.63, 3.8) is 0 Å². The largest absolute Gasteiger partial charge is 0.307 e. The first kappa shape index (κ1) is 17.6. The van der Waals surface area contributed by atoms with Gasteiger partial charge in [0.25, 0.3) is 11.5 Å². The zero-order chi connectivity index (χ0) is 18.1. The van der Waals surface area contributed by atoms with E-state index in [0.717, 1.165) is 0 Å². The molecule has 0 unspecified atom stereocenters. The summed E-state index contributed by atoms with van der Waals surface area (Å²) in [6.07, 6.45) is 0. The number of halogens is 3. The molecule has 2 aromatic carbocycles. The van der Waals surface area contributed by atoms with Crippen molar-refractivity contribution >= 4 is 46.5 Å². The summed E-state index contributed by atoms with van der Waals surface area (Å²) in [5.41, 5.74) is 0.681. The number of carbonyl (C=O) groups excluding carboxylic acids is 1. The molecular weight excluding hydrogens is 385 g/mol. The van der Waals surface area contributed by atoms with Crippen molar-refractivity contribution in [2.24, 2.45) is 0 Å². The second kappa shape index (κ2) is 6.96. The van der Waals surface area contributed by atoms with Crippen LogP contribution in [0.3, 0.4) is 0 Å². The van der Waals surface area contributed by atoms with Gasteiger partial charge in [-0.05, 0) is 31.2 Å². The van der Waals surface area contributed by atoms with Gasteiger partial charge in [-0.2, -0.15) is 0 Å². The van der Waals surface area contributed by atoms with E-state index in [0.29, 0.717) is 16.1 Å². The lowest BCUT2D eigenvalue weighted by atomic mass is 10.2. The fourth-order valence-corrected chi connectivity index (χ4v) is 3.31. The summed E-state index contributed by atoms with van der Waals surface area (Å²) in [6, 6.07) is 11.6. The molecule has 128 valence electrons. The van der Waals surface area contributed by atoms with E-state index in [1.54, 1.807) is 31.2 Å². The Kier molecular flexibility index (Phi) is 4.90. The summed E-state index contributed by atoms with van der Waals surface area (Å²) in [4.78, 5) is 24.8. The number of hydrogen-bond acceptors (Lipinski definition) is 2. The van der Waals surface area contributed by atoms with Crippen molar-refractivity contribution in [3.05, 3.63) is 79.0 Å². The number of nitrogens with one attached hydrogen (secondary N) is 2. The number of anilines is 1. The molecule has 0 atom stereocenters. The van der Waals surface area contributed by atoms with Gasteiger partial charge < -0.3 is 5.32 Å². The van der Waals surface area contributed by atoms with Crippen LogP contribution in [0.25, 0.3) is 5.69 Å². The van der Waals surface area contributed by atoms with E-state index in [1.165, 1.54) is 16.8 Å². The molecule has 1 heterocycles. The number of H-pyrrole nitrogens is 1. The van der Waals surface area contributed by atoms with Crippen LogP contribution in [-0.4, -0.2) is 15.7 Å². The van der Waals surface area contributed by atoms with E-state index in [9.17, 15) is 9.59 Å². The highest BCUT2D eigenvalue weighted by Crippen LogP contribution is 2.31. The zero-order valence-corrected chi connectivity index (χ0v) is 15.2. The lowest BCUT2D eigenvalue weighted by Gasteiger charge is -2.08. The maximum atomic E-state index is 12.5. The van der Waals surface area contributed by atoms with Gasteiger partial charge in [0.15, 0.2) is 0 Å². The minimum atomic E-state index is -0.380. The molecule has 0 saturated heterocycles. The van der Waals surface area contributed by atoms with Crippen LogP contribution in [0.2, 0.25) is 15.1 Å². The molecule has 3 aromatic rings. The lowest BCUT2D eigenvalue weighted by Crippen LogP contribution is -2.16. The number of carbonyl (C=O) groups is 1. The fraction of sp³-hybridized carbons (Fsp3) is 0.0588. The van der Waals surface area contributed by atoms with Crippen LogP contribution in [0, 0.1) is 6.92 Å². The summed E-state index contributed by atoms with van der Waals surface area (Å²) in [7, 11) is 0. The summed E-state index contributed by atoms with van der Waals surface area (Å²) in [5.74, 6) is -0.0775. The van der Waals surface area contributed by atoms with Crippen molar-refractivity contribution in [1.29, 1.82) is 0 Å². The van der Waals surface area contributed by atoms with Crippen LogP contribution in [0.5, 0.6) is 0 Å². The van der Waals surface area contributed by atoms with E-state index in [-0.39, 0.29) is 33.0 Å². The Hall–Kier alpha value is -2.21. The Morgan fingerprint density at radius 3 is 2.28 bits per heavy atom. The number of aromatic nitrogens is 2. The van der Waals surface area contributed by atoms with Crippen LogP contribution < -0.4 is 10.9 Å². The van der Waals surface area contributed by atoms with E-state index in [4.69, 9.17) is 34.8 Å². The molecule has 1 aromatic heterocycles. The molecule has 0 saturated carbocycles. The molecule has 5 nitrogen and oxygen atoms in total. The first-order valence-corrected chi connectivity index (χ1v) is 8.35. The molecule has 25 heavy (non-hydrogen) atoms. The average molecular weight is 397 g/mol. The number of amides is 1. The maximum Gasteiger partial charge on any atom is 0.276 e. The van der Waals surface area contributed by atoms with Crippen molar-refractivity contribution in [2.75, 3.05) is 5.32 Å². The van der Waals surface area contributed by atoms with Gasteiger partial charge in [0, 0.05) is 10.6 Å². The summed E-state index contributed by atoms with van der Waals surface area (Å²) in [5, 5.41) is 6.28. The van der Waals surface area contributed by atoms with Gasteiger partial charge in [0.1, 0.15) is 11.5 Å². The molecule has 0 fully saturated rings. The predicted molar refractivity (Wildman–Crippen MR) is 101 cm³/mol. The van der Waals surface area contributed by atoms with Crippen LogP contribution in [0.4, 0.5) is 5.82 Å². The monoisotopic (exact) mass is 395 g/mol. The first-order chi connectivity index (χ1) is 11.9. The Morgan fingerprint density at radius 2 is 1.68 bits per heavy atom. The second-order valence-corrected chi connectivity index (χ2v) is 6.54. The Labute approximate surface area is 158 Å². The molecule has 0 bridgehead atoms. The molecular formula is C17H12Cl3N3O2. The smallest absolute Gasteiger partial charge is 0.276 e. The van der Waals surface area contributed by atoms with Crippen LogP contribution in [0.1, 0.15) is 15.9 Å². The maximum absolute atomic E-state index is 12.5. The van der Waals surface area contributed by atoms with Crippen molar-refractivity contribution in [2.45, 2.75) is 6.92 Å². The molecule has 0 radical (unpaired) electrons. The number of benzene rings is 2. The van der Waals surface area contributed by atoms with E-state index in [1.807, 2.05) is 6.07 Å². The Morgan fingerprint density at radius 1 is 1.08 bits per heavy atom. The summed E-state index contributed by atoms with van der Waals surface area (Å²) >= 11 is 18.2. The molecule has 0 aliphatic rings. The van der Waals surface area contributed by atoms with Gasteiger partial charge >= 0.3 is 0 Å². The number of hydrogen-bond donors (Lipinski definition) is 2. The number of rotatable bonds is 3. The Bertz CT molecular complexity index is 987. The van der Waals surface area contributed by atoms with Crippen LogP contribution in [0.15, 0.2) is 47.3 Å². The molecule has 8 heteroatoms. The van der Waals surface area contributed by atoms with E-state index < -0.39 is 0 Å². The van der Waals surface area contributed by atoms with E-state index in [2.05, 4.69) is 10.4 Å². The quantitative estimate of drug-likeness (QED) is 0.674.